The molecule has 1 aromatic rings. The second-order valence-electron chi connectivity index (χ2n) is 5.29. The molecule has 1 aliphatic heterocycles. The molecule has 0 aromatic heterocycles. The van der Waals surface area contributed by atoms with Crippen molar-refractivity contribution in [3.05, 3.63) is 29.8 Å². The lowest BCUT2D eigenvalue weighted by Crippen LogP contribution is -2.32. The summed E-state index contributed by atoms with van der Waals surface area (Å²) in [6, 6.07) is 2.89. The number of rotatable bonds is 4. The third kappa shape index (κ3) is 3.75. The molecule has 5 nitrogen and oxygen atoms in total. The SMILES string of the molecule is C[C@@H]1CN(CC(=O)Nc2ccc(F)cc2F)C[C@H]1C(=O)O. The number of nitrogens with zero attached hydrogens (tertiary/aromatic N) is 1. The van der Waals surface area contributed by atoms with E-state index >= 15 is 0 Å². The van der Waals surface area contributed by atoms with Crippen LogP contribution in [0, 0.1) is 23.5 Å². The number of nitrogens with one attached hydrogen (secondary N) is 1. The standard InChI is InChI=1S/C14H16F2N2O3/c1-8-5-18(6-10(8)14(20)21)7-13(19)17-12-3-2-9(15)4-11(12)16/h2-4,8,10H,5-7H2,1H3,(H,17,19)(H,20,21)/t8-,10-/m1/s1. The van der Waals surface area contributed by atoms with Gasteiger partial charge in [0.2, 0.25) is 5.91 Å². The van der Waals surface area contributed by atoms with Crippen molar-refractivity contribution in [3.63, 3.8) is 0 Å². The predicted octanol–water partition coefficient (Wildman–Crippen LogP) is 1.56. The summed E-state index contributed by atoms with van der Waals surface area (Å²) in [5.41, 5.74) is -0.0940. The minimum Gasteiger partial charge on any atom is -0.481 e. The van der Waals surface area contributed by atoms with E-state index in [1.54, 1.807) is 4.90 Å². The summed E-state index contributed by atoms with van der Waals surface area (Å²) in [4.78, 5) is 24.5. The first kappa shape index (κ1) is 15.4. The molecule has 114 valence electrons. The molecule has 0 bridgehead atoms. The van der Waals surface area contributed by atoms with Crippen LogP contribution in [0.5, 0.6) is 0 Å². The number of amides is 1. The maximum atomic E-state index is 13.4. The number of aliphatic carboxylic acids is 1. The number of carboxylic acids is 1. The molecule has 2 atom stereocenters. The van der Waals surface area contributed by atoms with Gasteiger partial charge in [-0.2, -0.15) is 0 Å². The van der Waals surface area contributed by atoms with Gasteiger partial charge >= 0.3 is 5.97 Å². The molecule has 1 aromatic carbocycles. The van der Waals surface area contributed by atoms with Crippen LogP contribution in [0.3, 0.4) is 0 Å². The number of likely N-dealkylation sites (tertiary alicyclic amines) is 1. The summed E-state index contributed by atoms with van der Waals surface area (Å²) in [7, 11) is 0. The van der Waals surface area contributed by atoms with Gasteiger partial charge in [0.05, 0.1) is 18.2 Å². The smallest absolute Gasteiger partial charge is 0.308 e. The zero-order valence-electron chi connectivity index (χ0n) is 11.5. The van der Waals surface area contributed by atoms with Crippen LogP contribution in [0.15, 0.2) is 18.2 Å². The Morgan fingerprint density at radius 2 is 2.10 bits per heavy atom. The van der Waals surface area contributed by atoms with Gasteiger partial charge in [0.15, 0.2) is 0 Å². The van der Waals surface area contributed by atoms with Gasteiger partial charge in [-0.15, -0.1) is 0 Å². The number of benzene rings is 1. The van der Waals surface area contributed by atoms with Gasteiger partial charge < -0.3 is 10.4 Å². The molecule has 1 saturated heterocycles. The fourth-order valence-corrected chi connectivity index (χ4v) is 2.50. The van der Waals surface area contributed by atoms with E-state index in [0.717, 1.165) is 12.1 Å². The van der Waals surface area contributed by atoms with Crippen LogP contribution < -0.4 is 5.32 Å². The minimum atomic E-state index is -0.880. The summed E-state index contributed by atoms with van der Waals surface area (Å²) in [6.45, 7) is 2.58. The van der Waals surface area contributed by atoms with Crippen molar-refractivity contribution >= 4 is 17.6 Å². The van der Waals surface area contributed by atoms with Crippen LogP contribution in [0.4, 0.5) is 14.5 Å². The molecule has 0 radical (unpaired) electrons. The highest BCUT2D eigenvalue weighted by Gasteiger charge is 2.35. The Bertz CT molecular complexity index is 565. The van der Waals surface area contributed by atoms with Gasteiger partial charge in [-0.3, -0.25) is 14.5 Å². The van der Waals surface area contributed by atoms with Crippen LogP contribution in [0.1, 0.15) is 6.92 Å². The van der Waals surface area contributed by atoms with Crippen LogP contribution in [-0.4, -0.2) is 41.5 Å². The van der Waals surface area contributed by atoms with Crippen LogP contribution in [0.2, 0.25) is 0 Å². The maximum Gasteiger partial charge on any atom is 0.308 e. The maximum absolute atomic E-state index is 13.4. The topological polar surface area (TPSA) is 69.6 Å². The number of hydrogen-bond acceptors (Lipinski definition) is 3. The molecule has 0 unspecified atom stereocenters. The number of carbonyl (C=O) groups is 2. The molecule has 21 heavy (non-hydrogen) atoms. The fraction of sp³-hybridized carbons (Fsp3) is 0.429. The van der Waals surface area contributed by atoms with Crippen molar-refractivity contribution in [1.82, 2.24) is 4.90 Å². The van der Waals surface area contributed by atoms with E-state index in [1.807, 2.05) is 6.92 Å². The van der Waals surface area contributed by atoms with E-state index in [4.69, 9.17) is 5.11 Å². The van der Waals surface area contributed by atoms with Gasteiger partial charge in [0.25, 0.3) is 0 Å². The number of anilines is 1. The Kier molecular flexibility index (Phi) is 4.52. The predicted molar refractivity (Wildman–Crippen MR) is 71.7 cm³/mol. The van der Waals surface area contributed by atoms with Gasteiger partial charge in [0.1, 0.15) is 11.6 Å². The average molecular weight is 298 g/mol. The van der Waals surface area contributed by atoms with Gasteiger partial charge in [-0.25, -0.2) is 8.78 Å². The first-order valence-electron chi connectivity index (χ1n) is 6.57. The quantitative estimate of drug-likeness (QED) is 0.885. The minimum absolute atomic E-state index is 0.0229. The summed E-state index contributed by atoms with van der Waals surface area (Å²) in [5, 5.41) is 11.4. The summed E-state index contributed by atoms with van der Waals surface area (Å²) >= 11 is 0. The second-order valence-corrected chi connectivity index (χ2v) is 5.29. The molecule has 0 aliphatic carbocycles. The molecule has 1 amide bonds. The van der Waals surface area contributed by atoms with Gasteiger partial charge in [0, 0.05) is 19.2 Å². The van der Waals surface area contributed by atoms with Gasteiger partial charge in [-0.05, 0) is 18.1 Å². The Morgan fingerprint density at radius 3 is 2.67 bits per heavy atom. The van der Waals surface area contributed by atoms with Crippen LogP contribution in [-0.2, 0) is 9.59 Å². The first-order valence-corrected chi connectivity index (χ1v) is 6.57. The number of hydrogen-bond donors (Lipinski definition) is 2. The number of halogens is 2. The molecular weight excluding hydrogens is 282 g/mol. The van der Waals surface area contributed by atoms with Gasteiger partial charge in [-0.1, -0.05) is 6.92 Å². The third-order valence-electron chi connectivity index (χ3n) is 3.58. The highest BCUT2D eigenvalue weighted by atomic mass is 19.1. The van der Waals surface area contributed by atoms with Crippen LogP contribution in [0.25, 0.3) is 0 Å². The normalized spacial score (nSPS) is 22.2. The number of carbonyl (C=O) groups excluding carboxylic acids is 1. The third-order valence-corrected chi connectivity index (χ3v) is 3.58. The van der Waals surface area contributed by atoms with E-state index < -0.39 is 29.4 Å². The second kappa shape index (κ2) is 6.17. The monoisotopic (exact) mass is 298 g/mol. The lowest BCUT2D eigenvalue weighted by molar-refractivity contribution is -0.142. The molecule has 1 aliphatic rings. The lowest BCUT2D eigenvalue weighted by atomic mass is 9.99. The summed E-state index contributed by atoms with van der Waals surface area (Å²) in [5.74, 6) is -3.45. The van der Waals surface area contributed by atoms with Crippen molar-refractivity contribution in [2.24, 2.45) is 11.8 Å². The van der Waals surface area contributed by atoms with Crippen molar-refractivity contribution < 1.29 is 23.5 Å². The molecule has 1 fully saturated rings. The van der Waals surface area contributed by atoms with E-state index in [1.165, 1.54) is 0 Å². The Morgan fingerprint density at radius 1 is 1.38 bits per heavy atom. The zero-order valence-corrected chi connectivity index (χ0v) is 11.5. The lowest BCUT2D eigenvalue weighted by Gasteiger charge is -2.15. The van der Waals surface area contributed by atoms with Crippen molar-refractivity contribution in [3.8, 4) is 0 Å². The van der Waals surface area contributed by atoms with Crippen molar-refractivity contribution in [1.29, 1.82) is 0 Å². The highest BCUT2D eigenvalue weighted by Crippen LogP contribution is 2.23. The molecule has 2 rings (SSSR count). The van der Waals surface area contributed by atoms with Crippen LogP contribution >= 0.6 is 0 Å². The highest BCUT2D eigenvalue weighted by molar-refractivity contribution is 5.92. The Labute approximate surface area is 120 Å². The molecule has 0 spiro atoms. The van der Waals surface area contributed by atoms with E-state index in [2.05, 4.69) is 5.32 Å². The summed E-state index contributed by atoms with van der Waals surface area (Å²) < 4.78 is 26.2. The molecule has 0 saturated carbocycles. The van der Waals surface area contributed by atoms with Crippen molar-refractivity contribution in [2.45, 2.75) is 6.92 Å². The first-order chi connectivity index (χ1) is 9.86. The fourth-order valence-electron chi connectivity index (χ4n) is 2.50. The zero-order chi connectivity index (χ0) is 15.6. The molecule has 2 N–H and O–H groups in total. The average Bonchev–Trinajstić information content (AvgIpc) is 2.74. The summed E-state index contributed by atoms with van der Waals surface area (Å²) in [6.07, 6.45) is 0. The Balaban J connectivity index is 1.92. The van der Waals surface area contributed by atoms with Crippen molar-refractivity contribution in [2.75, 3.05) is 25.0 Å². The Hall–Kier alpha value is -2.02. The largest absolute Gasteiger partial charge is 0.481 e. The van der Waals surface area contributed by atoms with E-state index in [0.29, 0.717) is 12.6 Å². The van der Waals surface area contributed by atoms with E-state index in [-0.39, 0.29) is 24.7 Å². The molecule has 1 heterocycles. The molecular formula is C14H16F2N2O3. The van der Waals surface area contributed by atoms with E-state index in [9.17, 15) is 18.4 Å². The molecule has 7 heteroatoms. The number of carboxylic acid groups (broad SMARTS) is 1.